The Hall–Kier alpha value is -0.290. The molecule has 0 aromatic heterocycles. The van der Waals surface area contributed by atoms with Gasteiger partial charge >= 0.3 is 5.97 Å². The molecule has 0 radical (unpaired) electrons. The molecule has 0 aliphatic heterocycles. The molecule has 94 valence electrons. The lowest BCUT2D eigenvalue weighted by atomic mass is 10.1. The first-order valence-corrected chi connectivity index (χ1v) is 7.13. The zero-order chi connectivity index (χ0) is 13.4. The SMILES string of the molecule is Cc1c(C(=O)O)ccc(C(Cl)(Cl)Cl)c1[S@@](C)=O. The van der Waals surface area contributed by atoms with Crippen molar-refractivity contribution < 1.29 is 14.1 Å². The zero-order valence-corrected chi connectivity index (χ0v) is 12.0. The molecule has 1 atom stereocenters. The van der Waals surface area contributed by atoms with E-state index in [0.29, 0.717) is 5.56 Å². The number of carboxylic acid groups (broad SMARTS) is 1. The van der Waals surface area contributed by atoms with Gasteiger partial charge in [-0.15, -0.1) is 0 Å². The quantitative estimate of drug-likeness (QED) is 0.852. The maximum Gasteiger partial charge on any atom is 0.335 e. The van der Waals surface area contributed by atoms with E-state index in [0.717, 1.165) is 0 Å². The number of hydrogen-bond acceptors (Lipinski definition) is 2. The van der Waals surface area contributed by atoms with Gasteiger partial charge in [0.25, 0.3) is 0 Å². The Morgan fingerprint density at radius 2 is 1.88 bits per heavy atom. The normalized spacial score (nSPS) is 13.5. The Bertz CT molecular complexity index is 494. The van der Waals surface area contributed by atoms with E-state index >= 15 is 0 Å². The van der Waals surface area contributed by atoms with E-state index in [1.165, 1.54) is 18.4 Å². The topological polar surface area (TPSA) is 54.4 Å². The number of aromatic carboxylic acids is 1. The third-order valence-electron chi connectivity index (χ3n) is 2.23. The molecule has 0 fully saturated rings. The number of carbonyl (C=O) groups is 1. The van der Waals surface area contributed by atoms with Crippen LogP contribution < -0.4 is 0 Å². The molecule has 0 aliphatic carbocycles. The molecule has 0 saturated heterocycles. The highest BCUT2D eigenvalue weighted by Crippen LogP contribution is 2.42. The number of alkyl halides is 3. The minimum Gasteiger partial charge on any atom is -0.478 e. The minimum atomic E-state index is -1.73. The molecule has 0 unspecified atom stereocenters. The summed E-state index contributed by atoms with van der Waals surface area (Å²) in [4.78, 5) is 11.2. The van der Waals surface area contributed by atoms with Crippen molar-refractivity contribution in [1.82, 2.24) is 0 Å². The molecule has 3 nitrogen and oxygen atoms in total. The number of carboxylic acids is 1. The highest BCUT2D eigenvalue weighted by molar-refractivity contribution is 7.84. The van der Waals surface area contributed by atoms with Crippen LogP contribution in [-0.4, -0.2) is 21.5 Å². The van der Waals surface area contributed by atoms with Gasteiger partial charge in [-0.25, -0.2) is 4.79 Å². The molecule has 0 bridgehead atoms. The van der Waals surface area contributed by atoms with E-state index in [2.05, 4.69) is 0 Å². The van der Waals surface area contributed by atoms with E-state index in [9.17, 15) is 9.00 Å². The molecule has 1 rings (SSSR count). The Balaban J connectivity index is 3.63. The van der Waals surface area contributed by atoms with Crippen LogP contribution in [0.5, 0.6) is 0 Å². The fourth-order valence-electron chi connectivity index (χ4n) is 1.52. The third-order valence-corrected chi connectivity index (χ3v) is 3.94. The monoisotopic (exact) mass is 314 g/mol. The Morgan fingerprint density at radius 1 is 1.35 bits per heavy atom. The van der Waals surface area contributed by atoms with E-state index in [1.54, 1.807) is 6.92 Å². The van der Waals surface area contributed by atoms with Crippen molar-refractivity contribution in [3.63, 3.8) is 0 Å². The van der Waals surface area contributed by atoms with Gasteiger partial charge in [0.15, 0.2) is 0 Å². The molecule has 0 amide bonds. The summed E-state index contributed by atoms with van der Waals surface area (Å²) in [6, 6.07) is 2.71. The Labute approximate surface area is 116 Å². The van der Waals surface area contributed by atoms with Gasteiger partial charge in [0, 0.05) is 16.7 Å². The van der Waals surface area contributed by atoms with Gasteiger partial charge in [-0.2, -0.15) is 0 Å². The first kappa shape index (κ1) is 14.8. The fraction of sp³-hybridized carbons (Fsp3) is 0.300. The molecule has 17 heavy (non-hydrogen) atoms. The summed E-state index contributed by atoms with van der Waals surface area (Å²) in [5.74, 6) is -1.11. The molecule has 0 saturated carbocycles. The summed E-state index contributed by atoms with van der Waals surface area (Å²) in [6.07, 6.45) is 1.41. The lowest BCUT2D eigenvalue weighted by Gasteiger charge is -2.18. The largest absolute Gasteiger partial charge is 0.478 e. The van der Waals surface area contributed by atoms with Crippen LogP contribution in [0.25, 0.3) is 0 Å². The van der Waals surface area contributed by atoms with Gasteiger partial charge in [0.05, 0.1) is 16.4 Å². The van der Waals surface area contributed by atoms with E-state index in [1.807, 2.05) is 0 Å². The van der Waals surface area contributed by atoms with E-state index < -0.39 is 20.6 Å². The highest BCUT2D eigenvalue weighted by Gasteiger charge is 2.30. The van der Waals surface area contributed by atoms with Crippen LogP contribution in [0.15, 0.2) is 17.0 Å². The first-order valence-electron chi connectivity index (χ1n) is 4.43. The number of rotatable bonds is 2. The van der Waals surface area contributed by atoms with Gasteiger partial charge in [0.2, 0.25) is 3.79 Å². The van der Waals surface area contributed by atoms with Crippen LogP contribution in [0.3, 0.4) is 0 Å². The van der Waals surface area contributed by atoms with Crippen molar-refractivity contribution >= 4 is 51.6 Å². The second kappa shape index (κ2) is 5.14. The van der Waals surface area contributed by atoms with Gasteiger partial charge in [-0.05, 0) is 18.6 Å². The van der Waals surface area contributed by atoms with Crippen molar-refractivity contribution in [3.8, 4) is 0 Å². The number of benzene rings is 1. The molecule has 1 aromatic rings. The molecular formula is C10H9Cl3O3S. The molecule has 7 heteroatoms. The van der Waals surface area contributed by atoms with Crippen molar-refractivity contribution in [2.24, 2.45) is 0 Å². The summed E-state index contributed by atoms with van der Waals surface area (Å²) >= 11 is 17.3. The van der Waals surface area contributed by atoms with Crippen molar-refractivity contribution in [2.75, 3.05) is 6.26 Å². The zero-order valence-electron chi connectivity index (χ0n) is 8.96. The van der Waals surface area contributed by atoms with Gasteiger partial charge in [-0.3, -0.25) is 4.21 Å². The van der Waals surface area contributed by atoms with Crippen molar-refractivity contribution in [3.05, 3.63) is 28.8 Å². The van der Waals surface area contributed by atoms with Crippen LogP contribution in [0.4, 0.5) is 0 Å². The van der Waals surface area contributed by atoms with Crippen molar-refractivity contribution in [2.45, 2.75) is 15.6 Å². The van der Waals surface area contributed by atoms with Crippen LogP contribution in [0.2, 0.25) is 0 Å². The standard InChI is InChI=1S/C10H9Cl3O3S/c1-5-6(9(14)15)3-4-7(10(11,12)13)8(5)17(2)16/h3-4H,1-2H3,(H,14,15)/t17-/m1/s1. The summed E-state index contributed by atoms with van der Waals surface area (Å²) in [7, 11) is -1.44. The van der Waals surface area contributed by atoms with Crippen LogP contribution in [-0.2, 0) is 14.6 Å². The average Bonchev–Trinajstić information content (AvgIpc) is 2.14. The molecule has 1 aromatic carbocycles. The summed E-state index contributed by atoms with van der Waals surface area (Å²) in [5, 5.41) is 8.97. The Morgan fingerprint density at radius 3 is 2.24 bits per heavy atom. The average molecular weight is 316 g/mol. The van der Waals surface area contributed by atoms with Crippen LogP contribution >= 0.6 is 34.8 Å². The fourth-order valence-corrected chi connectivity index (χ4v) is 3.23. The lowest BCUT2D eigenvalue weighted by molar-refractivity contribution is 0.0696. The van der Waals surface area contributed by atoms with Crippen LogP contribution in [0.1, 0.15) is 21.5 Å². The summed E-state index contributed by atoms with van der Waals surface area (Å²) < 4.78 is 9.92. The molecule has 0 spiro atoms. The second-order valence-corrected chi connectivity index (χ2v) is 6.97. The van der Waals surface area contributed by atoms with E-state index in [-0.39, 0.29) is 16.0 Å². The first-order chi connectivity index (χ1) is 7.66. The lowest BCUT2D eigenvalue weighted by Crippen LogP contribution is -2.11. The predicted octanol–water partition coefficient (Wildman–Crippen LogP) is 3.26. The second-order valence-electron chi connectivity index (χ2n) is 3.37. The van der Waals surface area contributed by atoms with Crippen LogP contribution in [0, 0.1) is 6.92 Å². The Kier molecular flexibility index (Phi) is 4.47. The van der Waals surface area contributed by atoms with Gasteiger partial charge in [-0.1, -0.05) is 40.9 Å². The smallest absolute Gasteiger partial charge is 0.335 e. The minimum absolute atomic E-state index is 0.0493. The van der Waals surface area contributed by atoms with E-state index in [4.69, 9.17) is 39.9 Å². The van der Waals surface area contributed by atoms with Gasteiger partial charge in [0.1, 0.15) is 0 Å². The predicted molar refractivity (Wildman–Crippen MR) is 69.7 cm³/mol. The summed E-state index contributed by atoms with van der Waals surface area (Å²) in [5.41, 5.74) is 0.640. The maximum atomic E-state index is 11.7. The third kappa shape index (κ3) is 3.13. The van der Waals surface area contributed by atoms with Gasteiger partial charge < -0.3 is 5.11 Å². The number of hydrogen-bond donors (Lipinski definition) is 1. The molecule has 0 aliphatic rings. The molecule has 1 N–H and O–H groups in total. The number of halogens is 3. The molecule has 0 heterocycles. The molecular weight excluding hydrogens is 307 g/mol. The maximum absolute atomic E-state index is 11.7. The summed E-state index contributed by atoms with van der Waals surface area (Å²) in [6.45, 7) is 1.54. The van der Waals surface area contributed by atoms with Crippen molar-refractivity contribution in [1.29, 1.82) is 0 Å². The highest BCUT2D eigenvalue weighted by atomic mass is 35.6.